The number of nitrogens with zero attached hydrogens (tertiary/aromatic N) is 3. The first-order valence-electron chi connectivity index (χ1n) is 9.88. The second-order valence-electron chi connectivity index (χ2n) is 7.41. The average Bonchev–Trinajstić information content (AvgIpc) is 2.69. The van der Waals surface area contributed by atoms with Gasteiger partial charge in [-0.25, -0.2) is 12.8 Å². The molecule has 9 heteroatoms. The molecule has 0 unspecified atom stereocenters. The zero-order chi connectivity index (χ0) is 20.1. The molecule has 2 aliphatic rings. The van der Waals surface area contributed by atoms with Crippen molar-refractivity contribution in [1.82, 2.24) is 19.4 Å². The van der Waals surface area contributed by atoms with Gasteiger partial charge in [-0.3, -0.25) is 9.69 Å². The van der Waals surface area contributed by atoms with Crippen LogP contribution in [0.4, 0.5) is 4.39 Å². The molecule has 7 nitrogen and oxygen atoms in total. The van der Waals surface area contributed by atoms with Gasteiger partial charge in [0.1, 0.15) is 5.82 Å². The first-order chi connectivity index (χ1) is 13.4. The first kappa shape index (κ1) is 21.2. The van der Waals surface area contributed by atoms with E-state index in [0.29, 0.717) is 26.2 Å². The normalized spacial score (nSPS) is 20.9. The maximum atomic E-state index is 13.4. The number of hydrogen-bond acceptors (Lipinski definition) is 5. The summed E-state index contributed by atoms with van der Waals surface area (Å²) in [5, 5.41) is 3.10. The van der Waals surface area contributed by atoms with Gasteiger partial charge in [0.15, 0.2) is 0 Å². The van der Waals surface area contributed by atoms with Gasteiger partial charge in [0, 0.05) is 45.3 Å². The minimum atomic E-state index is -3.71. The molecule has 0 aliphatic carbocycles. The summed E-state index contributed by atoms with van der Waals surface area (Å²) in [5.74, 6) is -0.572. The molecule has 1 N–H and O–H groups in total. The Balaban J connectivity index is 1.46. The number of nitrogens with one attached hydrogen (secondary N) is 1. The molecular weight excluding hydrogens is 383 g/mol. The van der Waals surface area contributed by atoms with Crippen molar-refractivity contribution in [3.05, 3.63) is 30.1 Å². The van der Waals surface area contributed by atoms with Crippen LogP contribution in [0.25, 0.3) is 0 Å². The van der Waals surface area contributed by atoms with Crippen LogP contribution in [-0.2, 0) is 14.8 Å². The first-order valence-corrected chi connectivity index (χ1v) is 11.3. The Morgan fingerprint density at radius 1 is 1.11 bits per heavy atom. The number of piperazine rings is 1. The molecule has 1 aromatic carbocycles. The molecule has 156 valence electrons. The van der Waals surface area contributed by atoms with E-state index in [1.54, 1.807) is 0 Å². The van der Waals surface area contributed by atoms with Gasteiger partial charge in [-0.15, -0.1) is 0 Å². The minimum absolute atomic E-state index is 0.00335. The van der Waals surface area contributed by atoms with Crippen LogP contribution in [0.2, 0.25) is 0 Å². The van der Waals surface area contributed by atoms with E-state index in [4.69, 9.17) is 0 Å². The topological polar surface area (TPSA) is 73.0 Å². The van der Waals surface area contributed by atoms with Crippen LogP contribution in [0.5, 0.6) is 0 Å². The van der Waals surface area contributed by atoms with Gasteiger partial charge in [0.2, 0.25) is 15.9 Å². The molecule has 3 rings (SSSR count). The lowest BCUT2D eigenvalue weighted by molar-refractivity contribution is -0.123. The number of sulfonamides is 1. The van der Waals surface area contributed by atoms with Crippen LogP contribution in [0.3, 0.4) is 0 Å². The zero-order valence-corrected chi connectivity index (χ0v) is 17.1. The molecular formula is C19H29FN4O3S. The summed E-state index contributed by atoms with van der Waals surface area (Å²) in [6.45, 7) is 7.04. The van der Waals surface area contributed by atoms with E-state index in [0.717, 1.165) is 38.5 Å². The van der Waals surface area contributed by atoms with Gasteiger partial charge in [0.25, 0.3) is 0 Å². The van der Waals surface area contributed by atoms with Crippen molar-refractivity contribution in [2.24, 2.45) is 0 Å². The number of halogens is 1. The van der Waals surface area contributed by atoms with Crippen LogP contribution < -0.4 is 5.32 Å². The Kier molecular flexibility index (Phi) is 7.03. The average molecular weight is 413 g/mol. The monoisotopic (exact) mass is 412 g/mol. The number of amides is 1. The van der Waals surface area contributed by atoms with Gasteiger partial charge in [0.05, 0.1) is 11.4 Å². The zero-order valence-electron chi connectivity index (χ0n) is 16.3. The van der Waals surface area contributed by atoms with E-state index in [2.05, 4.69) is 17.1 Å². The molecule has 1 aromatic rings. The number of rotatable bonds is 6. The molecule has 2 fully saturated rings. The van der Waals surface area contributed by atoms with E-state index in [1.165, 1.54) is 22.5 Å². The lowest BCUT2D eigenvalue weighted by Crippen LogP contribution is -2.52. The summed E-state index contributed by atoms with van der Waals surface area (Å²) in [5.41, 5.74) is 0. The van der Waals surface area contributed by atoms with Crippen molar-refractivity contribution in [2.45, 2.75) is 30.7 Å². The number of piperidine rings is 1. The van der Waals surface area contributed by atoms with E-state index in [9.17, 15) is 17.6 Å². The molecule has 0 bridgehead atoms. The standard InChI is InChI=1S/C19H29FN4O3S/c1-2-22-8-6-17(7-9-22)21-19(25)15-23-10-12-24(13-11-23)28(26,27)18-5-3-4-16(20)14-18/h3-5,14,17H,2,6-13,15H2,1H3,(H,21,25). The summed E-state index contributed by atoms with van der Waals surface area (Å²) in [6.07, 6.45) is 1.94. The molecule has 2 heterocycles. The Bertz CT molecular complexity index is 773. The summed E-state index contributed by atoms with van der Waals surface area (Å²) in [7, 11) is -3.71. The quantitative estimate of drug-likeness (QED) is 0.746. The maximum Gasteiger partial charge on any atom is 0.243 e. The number of likely N-dealkylation sites (tertiary alicyclic amines) is 1. The van der Waals surface area contributed by atoms with Crippen molar-refractivity contribution in [2.75, 3.05) is 52.4 Å². The van der Waals surface area contributed by atoms with Crippen LogP contribution in [0.15, 0.2) is 29.2 Å². The van der Waals surface area contributed by atoms with Crippen molar-refractivity contribution in [1.29, 1.82) is 0 Å². The van der Waals surface area contributed by atoms with Crippen LogP contribution in [-0.4, -0.2) is 86.8 Å². The van der Waals surface area contributed by atoms with Gasteiger partial charge >= 0.3 is 0 Å². The summed E-state index contributed by atoms with van der Waals surface area (Å²) in [6, 6.07) is 5.29. The smallest absolute Gasteiger partial charge is 0.243 e. The third-order valence-corrected chi connectivity index (χ3v) is 7.43. The minimum Gasteiger partial charge on any atom is -0.352 e. The predicted octanol–water partition coefficient (Wildman–Crippen LogP) is 0.733. The van der Waals surface area contributed by atoms with E-state index < -0.39 is 15.8 Å². The summed E-state index contributed by atoms with van der Waals surface area (Å²) >= 11 is 0. The fraction of sp³-hybridized carbons (Fsp3) is 0.632. The van der Waals surface area contributed by atoms with Gasteiger partial charge in [-0.05, 0) is 37.6 Å². The fourth-order valence-electron chi connectivity index (χ4n) is 3.77. The second-order valence-corrected chi connectivity index (χ2v) is 9.35. The Morgan fingerprint density at radius 2 is 1.79 bits per heavy atom. The third kappa shape index (κ3) is 5.28. The molecule has 1 amide bonds. The molecule has 0 spiro atoms. The van der Waals surface area contributed by atoms with Crippen LogP contribution >= 0.6 is 0 Å². The highest BCUT2D eigenvalue weighted by molar-refractivity contribution is 7.89. The van der Waals surface area contributed by atoms with Crippen LogP contribution in [0.1, 0.15) is 19.8 Å². The van der Waals surface area contributed by atoms with Crippen molar-refractivity contribution >= 4 is 15.9 Å². The lowest BCUT2D eigenvalue weighted by Gasteiger charge is -2.35. The van der Waals surface area contributed by atoms with Crippen molar-refractivity contribution in [3.8, 4) is 0 Å². The molecule has 0 saturated carbocycles. The molecule has 2 aliphatic heterocycles. The lowest BCUT2D eigenvalue weighted by atomic mass is 10.1. The molecule has 0 atom stereocenters. The second kappa shape index (κ2) is 9.30. The number of benzene rings is 1. The highest BCUT2D eigenvalue weighted by atomic mass is 32.2. The molecule has 0 aromatic heterocycles. The molecule has 28 heavy (non-hydrogen) atoms. The number of carbonyl (C=O) groups excluding carboxylic acids is 1. The Hall–Kier alpha value is -1.55. The number of carbonyl (C=O) groups is 1. The van der Waals surface area contributed by atoms with E-state index in [-0.39, 0.29) is 23.4 Å². The number of hydrogen-bond donors (Lipinski definition) is 1. The van der Waals surface area contributed by atoms with Crippen molar-refractivity contribution < 1.29 is 17.6 Å². The fourth-order valence-corrected chi connectivity index (χ4v) is 5.23. The van der Waals surface area contributed by atoms with E-state index >= 15 is 0 Å². The largest absolute Gasteiger partial charge is 0.352 e. The summed E-state index contributed by atoms with van der Waals surface area (Å²) in [4.78, 5) is 16.6. The van der Waals surface area contributed by atoms with Gasteiger partial charge < -0.3 is 10.2 Å². The third-order valence-electron chi connectivity index (χ3n) is 5.53. The highest BCUT2D eigenvalue weighted by Gasteiger charge is 2.29. The SMILES string of the molecule is CCN1CCC(NC(=O)CN2CCN(S(=O)(=O)c3cccc(F)c3)CC2)CC1. The predicted molar refractivity (Wildman–Crippen MR) is 105 cm³/mol. The highest BCUT2D eigenvalue weighted by Crippen LogP contribution is 2.18. The maximum absolute atomic E-state index is 13.4. The summed E-state index contributed by atoms with van der Waals surface area (Å²) < 4.78 is 40.0. The van der Waals surface area contributed by atoms with Crippen LogP contribution in [0, 0.1) is 5.82 Å². The van der Waals surface area contributed by atoms with E-state index in [1.807, 2.05) is 4.90 Å². The molecule has 2 saturated heterocycles. The van der Waals surface area contributed by atoms with Crippen molar-refractivity contribution in [3.63, 3.8) is 0 Å². The van der Waals surface area contributed by atoms with Gasteiger partial charge in [-0.2, -0.15) is 4.31 Å². The molecule has 0 radical (unpaired) electrons. The van der Waals surface area contributed by atoms with Gasteiger partial charge in [-0.1, -0.05) is 13.0 Å². The Morgan fingerprint density at radius 3 is 2.39 bits per heavy atom. The Labute approximate surface area is 166 Å².